The lowest BCUT2D eigenvalue weighted by Gasteiger charge is -2.53. The van der Waals surface area contributed by atoms with Gasteiger partial charge in [-0.2, -0.15) is 0 Å². The molecule has 0 radical (unpaired) electrons. The molecule has 0 saturated heterocycles. The zero-order valence-corrected chi connectivity index (χ0v) is 14.5. The Labute approximate surface area is 130 Å². The summed E-state index contributed by atoms with van der Waals surface area (Å²) >= 11 is 0. The summed E-state index contributed by atoms with van der Waals surface area (Å²) in [5.41, 5.74) is 2.84. The first-order chi connectivity index (χ1) is 9.92. The Balaban J connectivity index is 2.17. The molecule has 3 atom stereocenters. The van der Waals surface area contributed by atoms with E-state index in [0.29, 0.717) is 18.1 Å². The molecule has 2 heteroatoms. The maximum absolute atomic E-state index is 6.47. The summed E-state index contributed by atoms with van der Waals surface area (Å²) in [4.78, 5) is 0. The average Bonchev–Trinajstić information content (AvgIpc) is 2.45. The SMILES string of the molecule is CCNC1CC(Oc2cc(C)ccc2C(C)C)C1(C)CC. The second kappa shape index (κ2) is 6.39. The quantitative estimate of drug-likeness (QED) is 0.822. The number of nitrogens with one attached hydrogen (secondary N) is 1. The molecule has 1 N–H and O–H groups in total. The van der Waals surface area contributed by atoms with Crippen LogP contribution < -0.4 is 10.1 Å². The molecule has 1 fully saturated rings. The van der Waals surface area contributed by atoms with E-state index in [2.05, 4.69) is 65.1 Å². The number of rotatable bonds is 6. The van der Waals surface area contributed by atoms with Crippen LogP contribution in [0, 0.1) is 12.3 Å². The van der Waals surface area contributed by atoms with Crippen molar-refractivity contribution in [2.75, 3.05) is 6.54 Å². The van der Waals surface area contributed by atoms with Crippen LogP contribution in [0.2, 0.25) is 0 Å². The first-order valence-electron chi connectivity index (χ1n) is 8.43. The number of hydrogen-bond donors (Lipinski definition) is 1. The van der Waals surface area contributed by atoms with Gasteiger partial charge in [0.2, 0.25) is 0 Å². The molecule has 0 bridgehead atoms. The Morgan fingerprint density at radius 2 is 2.05 bits per heavy atom. The molecule has 0 heterocycles. The van der Waals surface area contributed by atoms with Gasteiger partial charge in [0, 0.05) is 17.9 Å². The van der Waals surface area contributed by atoms with Crippen LogP contribution in [0.15, 0.2) is 18.2 Å². The second-order valence-electron chi connectivity index (χ2n) is 7.01. The van der Waals surface area contributed by atoms with E-state index in [9.17, 15) is 0 Å². The van der Waals surface area contributed by atoms with Crippen molar-refractivity contribution in [1.82, 2.24) is 5.32 Å². The normalized spacial score (nSPS) is 28.5. The zero-order chi connectivity index (χ0) is 15.6. The lowest BCUT2D eigenvalue weighted by atomic mass is 9.61. The molecule has 1 aromatic rings. The van der Waals surface area contributed by atoms with Gasteiger partial charge in [0.15, 0.2) is 0 Å². The summed E-state index contributed by atoms with van der Waals surface area (Å²) < 4.78 is 6.47. The van der Waals surface area contributed by atoms with Gasteiger partial charge in [-0.1, -0.05) is 46.8 Å². The van der Waals surface area contributed by atoms with Crippen molar-refractivity contribution in [3.05, 3.63) is 29.3 Å². The molecule has 0 amide bonds. The molecule has 3 unspecified atom stereocenters. The van der Waals surface area contributed by atoms with Crippen molar-refractivity contribution >= 4 is 0 Å². The lowest BCUT2D eigenvalue weighted by molar-refractivity contribution is -0.0701. The highest BCUT2D eigenvalue weighted by molar-refractivity contribution is 5.39. The molecule has 1 saturated carbocycles. The number of benzene rings is 1. The second-order valence-corrected chi connectivity index (χ2v) is 7.01. The molecule has 0 aliphatic heterocycles. The smallest absolute Gasteiger partial charge is 0.123 e. The summed E-state index contributed by atoms with van der Waals surface area (Å²) in [6.45, 7) is 14.5. The lowest BCUT2D eigenvalue weighted by Crippen LogP contribution is -2.63. The monoisotopic (exact) mass is 289 g/mol. The van der Waals surface area contributed by atoms with Crippen LogP contribution in [0.5, 0.6) is 5.75 Å². The predicted molar refractivity (Wildman–Crippen MR) is 90.2 cm³/mol. The van der Waals surface area contributed by atoms with Gasteiger partial charge in [-0.25, -0.2) is 0 Å². The van der Waals surface area contributed by atoms with Crippen molar-refractivity contribution in [2.24, 2.45) is 5.41 Å². The molecule has 1 aliphatic carbocycles. The van der Waals surface area contributed by atoms with E-state index in [4.69, 9.17) is 4.74 Å². The first kappa shape index (κ1) is 16.4. The molecule has 21 heavy (non-hydrogen) atoms. The third-order valence-electron chi connectivity index (χ3n) is 5.25. The minimum Gasteiger partial charge on any atom is -0.489 e. The minimum absolute atomic E-state index is 0.244. The van der Waals surface area contributed by atoms with Gasteiger partial charge >= 0.3 is 0 Å². The fourth-order valence-electron chi connectivity index (χ4n) is 3.41. The highest BCUT2D eigenvalue weighted by atomic mass is 16.5. The topological polar surface area (TPSA) is 21.3 Å². The van der Waals surface area contributed by atoms with Crippen LogP contribution in [-0.4, -0.2) is 18.7 Å². The standard InChI is InChI=1S/C19H31NO/c1-7-19(6)17(20-8-2)12-18(19)21-16-11-14(5)9-10-15(16)13(3)4/h9-11,13,17-18,20H,7-8,12H2,1-6H3. The van der Waals surface area contributed by atoms with E-state index < -0.39 is 0 Å². The van der Waals surface area contributed by atoms with Crippen LogP contribution in [-0.2, 0) is 0 Å². The van der Waals surface area contributed by atoms with Gasteiger partial charge < -0.3 is 10.1 Å². The summed E-state index contributed by atoms with van der Waals surface area (Å²) in [5.74, 6) is 1.59. The highest BCUT2D eigenvalue weighted by Crippen LogP contribution is 2.46. The van der Waals surface area contributed by atoms with Crippen LogP contribution >= 0.6 is 0 Å². The maximum atomic E-state index is 6.47. The Bertz CT molecular complexity index is 482. The van der Waals surface area contributed by atoms with Crippen molar-refractivity contribution in [1.29, 1.82) is 0 Å². The van der Waals surface area contributed by atoms with E-state index in [-0.39, 0.29) is 5.41 Å². The molecule has 0 aromatic heterocycles. The third-order valence-corrected chi connectivity index (χ3v) is 5.25. The van der Waals surface area contributed by atoms with Gasteiger partial charge in [0.1, 0.15) is 11.9 Å². The van der Waals surface area contributed by atoms with E-state index >= 15 is 0 Å². The van der Waals surface area contributed by atoms with E-state index in [1.165, 1.54) is 11.1 Å². The fourth-order valence-corrected chi connectivity index (χ4v) is 3.41. The van der Waals surface area contributed by atoms with Gasteiger partial charge in [0.25, 0.3) is 0 Å². The van der Waals surface area contributed by atoms with E-state index in [1.54, 1.807) is 0 Å². The van der Waals surface area contributed by atoms with E-state index in [1.807, 2.05) is 0 Å². The van der Waals surface area contributed by atoms with Gasteiger partial charge in [0.05, 0.1) is 0 Å². The molecule has 118 valence electrons. The summed E-state index contributed by atoms with van der Waals surface area (Å²) in [5, 5.41) is 3.61. The average molecular weight is 289 g/mol. The number of hydrogen-bond acceptors (Lipinski definition) is 2. The molecular formula is C19H31NO. The summed E-state index contributed by atoms with van der Waals surface area (Å²) in [6, 6.07) is 7.19. The molecule has 2 nitrogen and oxygen atoms in total. The Morgan fingerprint density at radius 3 is 2.62 bits per heavy atom. The molecule has 0 spiro atoms. The maximum Gasteiger partial charge on any atom is 0.123 e. The number of aryl methyl sites for hydroxylation is 1. The van der Waals surface area contributed by atoms with Crippen molar-refractivity contribution in [3.8, 4) is 5.75 Å². The van der Waals surface area contributed by atoms with Crippen LogP contribution in [0.4, 0.5) is 0 Å². The van der Waals surface area contributed by atoms with E-state index in [0.717, 1.165) is 25.1 Å². The van der Waals surface area contributed by atoms with Gasteiger partial charge in [-0.05, 0) is 43.0 Å². The van der Waals surface area contributed by atoms with Crippen molar-refractivity contribution in [2.45, 2.75) is 72.4 Å². The van der Waals surface area contributed by atoms with Gasteiger partial charge in [-0.3, -0.25) is 0 Å². The summed E-state index contributed by atoms with van der Waals surface area (Å²) in [7, 11) is 0. The van der Waals surface area contributed by atoms with Gasteiger partial charge in [-0.15, -0.1) is 0 Å². The van der Waals surface area contributed by atoms with Crippen LogP contribution in [0.3, 0.4) is 0 Å². The van der Waals surface area contributed by atoms with Crippen molar-refractivity contribution in [3.63, 3.8) is 0 Å². The van der Waals surface area contributed by atoms with Crippen molar-refractivity contribution < 1.29 is 4.74 Å². The zero-order valence-electron chi connectivity index (χ0n) is 14.5. The highest BCUT2D eigenvalue weighted by Gasteiger charge is 2.51. The Kier molecular flexibility index (Phi) is 4.98. The molecule has 1 aromatic carbocycles. The molecular weight excluding hydrogens is 258 g/mol. The summed E-state index contributed by atoms with van der Waals surface area (Å²) in [6.07, 6.45) is 2.59. The van der Waals surface area contributed by atoms with Crippen LogP contribution in [0.1, 0.15) is 64.5 Å². The third kappa shape index (κ3) is 3.11. The Morgan fingerprint density at radius 1 is 1.33 bits per heavy atom. The number of ether oxygens (including phenoxy) is 1. The minimum atomic E-state index is 0.244. The fraction of sp³-hybridized carbons (Fsp3) is 0.684. The largest absolute Gasteiger partial charge is 0.489 e. The Hall–Kier alpha value is -1.02. The first-order valence-corrected chi connectivity index (χ1v) is 8.43. The molecule has 1 aliphatic rings. The van der Waals surface area contributed by atoms with Crippen LogP contribution in [0.25, 0.3) is 0 Å². The predicted octanol–water partition coefficient (Wildman–Crippen LogP) is 4.66. The molecule has 2 rings (SSSR count).